The van der Waals surface area contributed by atoms with E-state index in [4.69, 9.17) is 4.74 Å². The molecule has 2 nitrogen and oxygen atoms in total. The normalized spacial score (nSPS) is 21.6. The lowest BCUT2D eigenvalue weighted by molar-refractivity contribution is 0.0704. The summed E-state index contributed by atoms with van der Waals surface area (Å²) in [6.45, 7) is 7.69. The van der Waals surface area contributed by atoms with Gasteiger partial charge in [-0.2, -0.15) is 0 Å². The quantitative estimate of drug-likeness (QED) is 0.642. The van der Waals surface area contributed by atoms with Crippen molar-refractivity contribution in [3.63, 3.8) is 0 Å². The molecule has 1 rings (SSSR count). The summed E-state index contributed by atoms with van der Waals surface area (Å²) < 4.78 is 5.44. The fourth-order valence-electron chi connectivity index (χ4n) is 2.24. The van der Waals surface area contributed by atoms with Crippen LogP contribution in [0.1, 0.15) is 58.8 Å². The van der Waals surface area contributed by atoms with Crippen molar-refractivity contribution in [1.29, 1.82) is 0 Å². The van der Waals surface area contributed by atoms with Crippen LogP contribution in [0.15, 0.2) is 0 Å². The molecule has 0 amide bonds. The third-order valence-electron chi connectivity index (χ3n) is 3.30. The highest BCUT2D eigenvalue weighted by Gasteiger charge is 2.11. The van der Waals surface area contributed by atoms with Crippen molar-refractivity contribution in [1.82, 2.24) is 5.32 Å². The van der Waals surface area contributed by atoms with Crippen molar-refractivity contribution in [3.05, 3.63) is 0 Å². The van der Waals surface area contributed by atoms with E-state index in [1.807, 2.05) is 0 Å². The summed E-state index contributed by atoms with van der Waals surface area (Å²) in [5.41, 5.74) is 0. The van der Waals surface area contributed by atoms with Crippen LogP contribution < -0.4 is 5.32 Å². The highest BCUT2D eigenvalue weighted by atomic mass is 16.5. The average molecular weight is 227 g/mol. The zero-order valence-electron chi connectivity index (χ0n) is 11.1. The van der Waals surface area contributed by atoms with Gasteiger partial charge in [-0.25, -0.2) is 0 Å². The van der Waals surface area contributed by atoms with E-state index in [0.717, 1.165) is 19.1 Å². The molecule has 0 aromatic rings. The number of hydrogen-bond donors (Lipinski definition) is 1. The van der Waals surface area contributed by atoms with Gasteiger partial charge in [-0.15, -0.1) is 0 Å². The summed E-state index contributed by atoms with van der Waals surface area (Å²) in [4.78, 5) is 0. The standard InChI is InChI=1S/C14H29NO/c1-13(2)8-5-3-4-6-10-15-14-9-7-11-16-12-14/h13-15H,3-12H2,1-2H3. The van der Waals surface area contributed by atoms with E-state index < -0.39 is 0 Å². The van der Waals surface area contributed by atoms with Crippen molar-refractivity contribution in [2.45, 2.75) is 64.8 Å². The summed E-state index contributed by atoms with van der Waals surface area (Å²) in [6.07, 6.45) is 9.44. The molecule has 0 aromatic carbocycles. The van der Waals surface area contributed by atoms with Gasteiger partial charge in [0, 0.05) is 12.6 Å². The number of nitrogens with one attached hydrogen (secondary N) is 1. The Balaban J connectivity index is 1.80. The van der Waals surface area contributed by atoms with E-state index in [2.05, 4.69) is 19.2 Å². The Morgan fingerprint density at radius 2 is 2.00 bits per heavy atom. The maximum absolute atomic E-state index is 5.44. The third-order valence-corrected chi connectivity index (χ3v) is 3.30. The summed E-state index contributed by atoms with van der Waals surface area (Å²) in [6, 6.07) is 0.629. The molecule has 0 spiro atoms. The molecule has 1 heterocycles. The minimum atomic E-state index is 0.629. The second kappa shape index (κ2) is 9.00. The molecule has 0 bridgehead atoms. The Labute approximate surface area is 101 Å². The van der Waals surface area contributed by atoms with Gasteiger partial charge >= 0.3 is 0 Å². The SMILES string of the molecule is CC(C)CCCCCCNC1CCCOC1. The van der Waals surface area contributed by atoms with Crippen LogP contribution in [0.2, 0.25) is 0 Å². The van der Waals surface area contributed by atoms with Gasteiger partial charge in [0.15, 0.2) is 0 Å². The molecule has 1 unspecified atom stereocenters. The first-order valence-corrected chi connectivity index (χ1v) is 7.10. The van der Waals surface area contributed by atoms with E-state index >= 15 is 0 Å². The fraction of sp³-hybridized carbons (Fsp3) is 1.00. The van der Waals surface area contributed by atoms with Crippen molar-refractivity contribution in [3.8, 4) is 0 Å². The Morgan fingerprint density at radius 3 is 2.69 bits per heavy atom. The van der Waals surface area contributed by atoms with Gasteiger partial charge in [0.25, 0.3) is 0 Å². The van der Waals surface area contributed by atoms with E-state index in [1.165, 1.54) is 51.5 Å². The highest BCUT2D eigenvalue weighted by Crippen LogP contribution is 2.09. The van der Waals surface area contributed by atoms with Gasteiger partial charge in [-0.1, -0.05) is 39.5 Å². The topological polar surface area (TPSA) is 21.3 Å². The van der Waals surface area contributed by atoms with E-state index in [0.29, 0.717) is 6.04 Å². The van der Waals surface area contributed by atoms with Crippen molar-refractivity contribution in [2.75, 3.05) is 19.8 Å². The summed E-state index contributed by atoms with van der Waals surface area (Å²) in [5.74, 6) is 0.873. The van der Waals surface area contributed by atoms with E-state index in [-0.39, 0.29) is 0 Å². The largest absolute Gasteiger partial charge is 0.380 e. The molecule has 16 heavy (non-hydrogen) atoms. The van der Waals surface area contributed by atoms with Crippen LogP contribution in [0.3, 0.4) is 0 Å². The van der Waals surface area contributed by atoms with Crippen LogP contribution in [-0.2, 0) is 4.74 Å². The Bertz CT molecular complexity index is 153. The smallest absolute Gasteiger partial charge is 0.0619 e. The number of unbranched alkanes of at least 4 members (excludes halogenated alkanes) is 3. The molecule has 0 radical (unpaired) electrons. The van der Waals surface area contributed by atoms with Crippen LogP contribution in [-0.4, -0.2) is 25.8 Å². The molecule has 1 aliphatic heterocycles. The maximum Gasteiger partial charge on any atom is 0.0619 e. The van der Waals surface area contributed by atoms with Crippen LogP contribution in [0.4, 0.5) is 0 Å². The third kappa shape index (κ3) is 7.24. The first-order valence-electron chi connectivity index (χ1n) is 7.10. The zero-order chi connectivity index (χ0) is 11.6. The van der Waals surface area contributed by atoms with E-state index in [9.17, 15) is 0 Å². The van der Waals surface area contributed by atoms with Crippen molar-refractivity contribution >= 4 is 0 Å². The van der Waals surface area contributed by atoms with Crippen molar-refractivity contribution in [2.24, 2.45) is 5.92 Å². The molecule has 0 aliphatic carbocycles. The molecule has 1 atom stereocenters. The summed E-state index contributed by atoms with van der Waals surface area (Å²) in [5, 5.41) is 3.60. The van der Waals surface area contributed by atoms with Gasteiger partial charge < -0.3 is 10.1 Å². The molecule has 1 saturated heterocycles. The van der Waals surface area contributed by atoms with Gasteiger partial charge in [0.1, 0.15) is 0 Å². The molecule has 1 aliphatic rings. The number of ether oxygens (including phenoxy) is 1. The minimum Gasteiger partial charge on any atom is -0.380 e. The molecule has 2 heteroatoms. The van der Waals surface area contributed by atoms with Gasteiger partial charge in [0.2, 0.25) is 0 Å². The average Bonchev–Trinajstić information content (AvgIpc) is 2.29. The predicted molar refractivity (Wildman–Crippen MR) is 69.8 cm³/mol. The Kier molecular flexibility index (Phi) is 7.87. The zero-order valence-corrected chi connectivity index (χ0v) is 11.1. The van der Waals surface area contributed by atoms with Crippen LogP contribution >= 0.6 is 0 Å². The second-order valence-electron chi connectivity index (χ2n) is 5.46. The van der Waals surface area contributed by atoms with Crippen LogP contribution in [0, 0.1) is 5.92 Å². The number of rotatable bonds is 8. The molecule has 0 aromatic heterocycles. The summed E-state index contributed by atoms with van der Waals surface area (Å²) >= 11 is 0. The molecule has 0 saturated carbocycles. The predicted octanol–water partition coefficient (Wildman–Crippen LogP) is 3.36. The van der Waals surface area contributed by atoms with Gasteiger partial charge in [-0.3, -0.25) is 0 Å². The lowest BCUT2D eigenvalue weighted by Gasteiger charge is -2.23. The number of hydrogen-bond acceptors (Lipinski definition) is 2. The fourth-order valence-corrected chi connectivity index (χ4v) is 2.24. The lowest BCUT2D eigenvalue weighted by Crippen LogP contribution is -2.37. The molecular formula is C14H29NO. The van der Waals surface area contributed by atoms with Crippen molar-refractivity contribution < 1.29 is 4.74 Å². The van der Waals surface area contributed by atoms with Gasteiger partial charge in [-0.05, 0) is 31.7 Å². The molecule has 1 N–H and O–H groups in total. The monoisotopic (exact) mass is 227 g/mol. The Morgan fingerprint density at radius 1 is 1.19 bits per heavy atom. The summed E-state index contributed by atoms with van der Waals surface area (Å²) in [7, 11) is 0. The highest BCUT2D eigenvalue weighted by molar-refractivity contribution is 4.69. The maximum atomic E-state index is 5.44. The van der Waals surface area contributed by atoms with Crippen LogP contribution in [0.5, 0.6) is 0 Å². The molecule has 96 valence electrons. The first kappa shape index (κ1) is 14.0. The Hall–Kier alpha value is -0.0800. The molecule has 1 fully saturated rings. The van der Waals surface area contributed by atoms with Crippen LogP contribution in [0.25, 0.3) is 0 Å². The first-order chi connectivity index (χ1) is 7.79. The molecular weight excluding hydrogens is 198 g/mol. The van der Waals surface area contributed by atoms with E-state index in [1.54, 1.807) is 0 Å². The second-order valence-corrected chi connectivity index (χ2v) is 5.46. The van der Waals surface area contributed by atoms with Gasteiger partial charge in [0.05, 0.1) is 6.61 Å². The minimum absolute atomic E-state index is 0.629. The lowest BCUT2D eigenvalue weighted by atomic mass is 10.0.